The lowest BCUT2D eigenvalue weighted by molar-refractivity contribution is -0.121. The molecule has 108 valence electrons. The van der Waals surface area contributed by atoms with Crippen LogP contribution in [0.25, 0.3) is 11.1 Å². The Hall–Kier alpha value is -2.23. The van der Waals surface area contributed by atoms with Gasteiger partial charge in [-0.1, -0.05) is 19.1 Å². The topological polar surface area (TPSA) is 46.1 Å². The predicted molar refractivity (Wildman–Crippen MR) is 83.3 cm³/mol. The van der Waals surface area contributed by atoms with E-state index in [0.29, 0.717) is 0 Å². The Bertz CT molecular complexity index is 722. The molecule has 0 unspecified atom stereocenters. The van der Waals surface area contributed by atoms with E-state index in [1.807, 2.05) is 27.1 Å². The minimum Gasteiger partial charge on any atom is -0.314 e. The molecular weight excluding hydrogens is 262 g/mol. The number of hydrogen-bond acceptors (Lipinski definition) is 3. The third-order valence-electron chi connectivity index (χ3n) is 4.31. The molecule has 1 aromatic heterocycles. The molecule has 0 bridgehead atoms. The first-order valence-corrected chi connectivity index (χ1v) is 7.18. The molecule has 1 aromatic carbocycles. The maximum atomic E-state index is 12.4. The molecule has 0 saturated heterocycles. The summed E-state index contributed by atoms with van der Waals surface area (Å²) in [6.07, 6.45) is 4.28. The van der Waals surface area contributed by atoms with Crippen LogP contribution in [0.5, 0.6) is 0 Å². The van der Waals surface area contributed by atoms with Crippen LogP contribution in [0.1, 0.15) is 32.0 Å². The number of nitrogens with zero attached hydrogens (tertiary/aromatic N) is 3. The van der Waals surface area contributed by atoms with Crippen molar-refractivity contribution in [3.05, 3.63) is 42.0 Å². The smallest absolute Gasteiger partial charge is 0.236 e. The van der Waals surface area contributed by atoms with Crippen LogP contribution in [-0.4, -0.2) is 22.9 Å². The standard InChI is InChI=1S/C17H19N3O/c1-5-14-12(9-18-10-19-14)11-6-7-13-15(8-11)20(4)16(21)17(13,2)3/h6-10H,5H2,1-4H3. The summed E-state index contributed by atoms with van der Waals surface area (Å²) in [6, 6.07) is 6.18. The van der Waals surface area contributed by atoms with Gasteiger partial charge in [-0.3, -0.25) is 4.79 Å². The highest BCUT2D eigenvalue weighted by molar-refractivity contribution is 6.07. The Balaban J connectivity index is 2.16. The first-order valence-electron chi connectivity index (χ1n) is 7.18. The van der Waals surface area contributed by atoms with Gasteiger partial charge < -0.3 is 4.90 Å². The summed E-state index contributed by atoms with van der Waals surface area (Å²) in [6.45, 7) is 6.03. The zero-order valence-corrected chi connectivity index (χ0v) is 12.8. The third-order valence-corrected chi connectivity index (χ3v) is 4.31. The van der Waals surface area contributed by atoms with E-state index in [2.05, 4.69) is 35.1 Å². The monoisotopic (exact) mass is 281 g/mol. The molecule has 0 spiro atoms. The largest absolute Gasteiger partial charge is 0.314 e. The van der Waals surface area contributed by atoms with Crippen LogP contribution < -0.4 is 4.90 Å². The highest BCUT2D eigenvalue weighted by atomic mass is 16.2. The lowest BCUT2D eigenvalue weighted by atomic mass is 9.85. The van der Waals surface area contributed by atoms with Gasteiger partial charge in [0, 0.05) is 24.5 Å². The number of amides is 1. The van der Waals surface area contributed by atoms with Crippen LogP contribution in [-0.2, 0) is 16.6 Å². The van der Waals surface area contributed by atoms with Gasteiger partial charge in [-0.15, -0.1) is 0 Å². The molecule has 0 N–H and O–H groups in total. The Labute approximate surface area is 124 Å². The summed E-state index contributed by atoms with van der Waals surface area (Å²) in [5.41, 5.74) is 4.72. The van der Waals surface area contributed by atoms with Crippen molar-refractivity contribution in [2.75, 3.05) is 11.9 Å². The maximum Gasteiger partial charge on any atom is 0.236 e. The summed E-state index contributed by atoms with van der Waals surface area (Å²) in [7, 11) is 1.84. The minimum atomic E-state index is -0.455. The second kappa shape index (κ2) is 4.65. The molecule has 0 saturated carbocycles. The molecule has 1 amide bonds. The summed E-state index contributed by atoms with van der Waals surface area (Å²) in [5, 5.41) is 0. The van der Waals surface area contributed by atoms with E-state index in [1.54, 1.807) is 11.2 Å². The van der Waals surface area contributed by atoms with Crippen LogP contribution in [0.2, 0.25) is 0 Å². The van der Waals surface area contributed by atoms with Crippen molar-refractivity contribution in [3.8, 4) is 11.1 Å². The van der Waals surface area contributed by atoms with E-state index < -0.39 is 5.41 Å². The van der Waals surface area contributed by atoms with Gasteiger partial charge in [-0.05, 0) is 37.5 Å². The number of likely N-dealkylation sites (N-methyl/N-ethyl adjacent to an activating group) is 1. The average molecular weight is 281 g/mol. The van der Waals surface area contributed by atoms with Gasteiger partial charge in [0.1, 0.15) is 6.33 Å². The molecule has 0 radical (unpaired) electrons. The number of rotatable bonds is 2. The molecule has 4 heteroatoms. The van der Waals surface area contributed by atoms with Crippen molar-refractivity contribution in [1.29, 1.82) is 0 Å². The van der Waals surface area contributed by atoms with Gasteiger partial charge in [0.15, 0.2) is 0 Å². The lowest BCUT2D eigenvalue weighted by Crippen LogP contribution is -2.33. The Morgan fingerprint density at radius 3 is 2.76 bits per heavy atom. The average Bonchev–Trinajstić information content (AvgIpc) is 2.68. The molecular formula is C17H19N3O. The number of aromatic nitrogens is 2. The molecule has 2 aromatic rings. The second-order valence-corrected chi connectivity index (χ2v) is 5.96. The number of aryl methyl sites for hydroxylation is 1. The number of benzene rings is 1. The quantitative estimate of drug-likeness (QED) is 0.850. The maximum absolute atomic E-state index is 12.4. The SMILES string of the molecule is CCc1ncncc1-c1ccc2c(c1)N(C)C(=O)C2(C)C. The van der Waals surface area contributed by atoms with Gasteiger partial charge >= 0.3 is 0 Å². The van der Waals surface area contributed by atoms with Crippen LogP contribution in [0.15, 0.2) is 30.7 Å². The molecule has 4 nitrogen and oxygen atoms in total. The van der Waals surface area contributed by atoms with Gasteiger partial charge in [-0.2, -0.15) is 0 Å². The minimum absolute atomic E-state index is 0.134. The number of carbonyl (C=O) groups excluding carboxylic acids is 1. The molecule has 3 rings (SSSR count). The van der Waals surface area contributed by atoms with E-state index in [4.69, 9.17) is 0 Å². The first kappa shape index (κ1) is 13.7. The number of fused-ring (bicyclic) bond motifs is 1. The van der Waals surface area contributed by atoms with Crippen LogP contribution in [0.4, 0.5) is 5.69 Å². The van der Waals surface area contributed by atoms with Crippen LogP contribution in [0, 0.1) is 0 Å². The van der Waals surface area contributed by atoms with E-state index >= 15 is 0 Å². The van der Waals surface area contributed by atoms with Gasteiger partial charge in [-0.25, -0.2) is 9.97 Å². The van der Waals surface area contributed by atoms with Crippen molar-refractivity contribution in [1.82, 2.24) is 9.97 Å². The zero-order chi connectivity index (χ0) is 15.2. The van der Waals surface area contributed by atoms with Crippen molar-refractivity contribution in [2.24, 2.45) is 0 Å². The summed E-state index contributed by atoms with van der Waals surface area (Å²) in [4.78, 5) is 22.6. The predicted octanol–water partition coefficient (Wildman–Crippen LogP) is 2.96. The van der Waals surface area contributed by atoms with Gasteiger partial charge in [0.05, 0.1) is 11.1 Å². The van der Waals surface area contributed by atoms with Crippen molar-refractivity contribution >= 4 is 11.6 Å². The molecule has 21 heavy (non-hydrogen) atoms. The summed E-state index contributed by atoms with van der Waals surface area (Å²) >= 11 is 0. The van der Waals surface area contributed by atoms with Crippen molar-refractivity contribution in [2.45, 2.75) is 32.6 Å². The van der Waals surface area contributed by atoms with Crippen LogP contribution >= 0.6 is 0 Å². The zero-order valence-electron chi connectivity index (χ0n) is 12.8. The molecule has 2 heterocycles. The lowest BCUT2D eigenvalue weighted by Gasteiger charge is -2.16. The van der Waals surface area contributed by atoms with Gasteiger partial charge in [0.2, 0.25) is 5.91 Å². The van der Waals surface area contributed by atoms with E-state index in [9.17, 15) is 4.79 Å². The first-order chi connectivity index (χ1) is 9.96. The van der Waals surface area contributed by atoms with E-state index in [0.717, 1.165) is 34.5 Å². The van der Waals surface area contributed by atoms with Crippen LogP contribution in [0.3, 0.4) is 0 Å². The molecule has 0 fully saturated rings. The molecule has 0 aliphatic carbocycles. The molecule has 0 atom stereocenters. The fourth-order valence-corrected chi connectivity index (χ4v) is 3.03. The van der Waals surface area contributed by atoms with E-state index in [1.165, 1.54) is 0 Å². The van der Waals surface area contributed by atoms with Gasteiger partial charge in [0.25, 0.3) is 0 Å². The van der Waals surface area contributed by atoms with E-state index in [-0.39, 0.29) is 5.91 Å². The van der Waals surface area contributed by atoms with Crippen molar-refractivity contribution in [3.63, 3.8) is 0 Å². The number of carbonyl (C=O) groups is 1. The Morgan fingerprint density at radius 1 is 1.29 bits per heavy atom. The number of anilines is 1. The second-order valence-electron chi connectivity index (χ2n) is 5.96. The highest BCUT2D eigenvalue weighted by Crippen LogP contribution is 2.42. The third kappa shape index (κ3) is 1.94. The number of hydrogen-bond donors (Lipinski definition) is 0. The summed E-state index contributed by atoms with van der Waals surface area (Å²) < 4.78 is 0. The fraction of sp³-hybridized carbons (Fsp3) is 0.353. The Morgan fingerprint density at radius 2 is 2.05 bits per heavy atom. The van der Waals surface area contributed by atoms with Crippen molar-refractivity contribution < 1.29 is 4.79 Å². The normalized spacial score (nSPS) is 16.2. The fourth-order valence-electron chi connectivity index (χ4n) is 3.03. The summed E-state index contributed by atoms with van der Waals surface area (Å²) in [5.74, 6) is 0.134. The molecule has 1 aliphatic heterocycles. The highest BCUT2D eigenvalue weighted by Gasteiger charge is 2.42. The molecule has 1 aliphatic rings. The Kier molecular flexibility index (Phi) is 3.04.